The quantitative estimate of drug-likeness (QED) is 0.373. The van der Waals surface area contributed by atoms with Crippen molar-refractivity contribution in [2.75, 3.05) is 11.5 Å². The molecule has 4 N–H and O–H groups in total. The van der Waals surface area contributed by atoms with E-state index < -0.39 is 0 Å². The standard InChI is InChI=1S/C8H16N4S/c1-8(2)3-4-13-5-6(8)11-12-7(9)10/h3-5H2,1-2H3,(H4,9,10,12). The maximum atomic E-state index is 5.21. The molecule has 0 aromatic rings. The lowest BCUT2D eigenvalue weighted by molar-refractivity contribution is 0.499. The van der Waals surface area contributed by atoms with Gasteiger partial charge in [0, 0.05) is 11.2 Å². The summed E-state index contributed by atoms with van der Waals surface area (Å²) < 4.78 is 0. The zero-order valence-electron chi connectivity index (χ0n) is 8.08. The summed E-state index contributed by atoms with van der Waals surface area (Å²) in [5.74, 6) is 2.15. The van der Waals surface area contributed by atoms with Crippen molar-refractivity contribution in [1.82, 2.24) is 0 Å². The average Bonchev–Trinajstić information content (AvgIpc) is 2.01. The van der Waals surface area contributed by atoms with Crippen LogP contribution < -0.4 is 11.5 Å². The smallest absolute Gasteiger partial charge is 0.211 e. The lowest BCUT2D eigenvalue weighted by atomic mass is 9.85. The average molecular weight is 200 g/mol. The molecular weight excluding hydrogens is 184 g/mol. The molecule has 1 fully saturated rings. The molecule has 0 aromatic carbocycles. The molecule has 0 aromatic heterocycles. The Morgan fingerprint density at radius 1 is 1.46 bits per heavy atom. The van der Waals surface area contributed by atoms with Gasteiger partial charge >= 0.3 is 0 Å². The van der Waals surface area contributed by atoms with Crippen LogP contribution in [0.25, 0.3) is 0 Å². The van der Waals surface area contributed by atoms with Gasteiger partial charge in [0.2, 0.25) is 5.96 Å². The van der Waals surface area contributed by atoms with Gasteiger partial charge in [-0.25, -0.2) is 0 Å². The number of hydrogen-bond donors (Lipinski definition) is 2. The fraction of sp³-hybridized carbons (Fsp3) is 0.750. The minimum absolute atomic E-state index is 0.0267. The van der Waals surface area contributed by atoms with Crippen LogP contribution >= 0.6 is 11.8 Å². The highest BCUT2D eigenvalue weighted by Crippen LogP contribution is 2.31. The predicted molar refractivity (Wildman–Crippen MR) is 59.0 cm³/mol. The predicted octanol–water partition coefficient (Wildman–Crippen LogP) is 0.779. The van der Waals surface area contributed by atoms with Crippen molar-refractivity contribution in [2.45, 2.75) is 20.3 Å². The van der Waals surface area contributed by atoms with Crippen molar-refractivity contribution >= 4 is 23.4 Å². The summed E-state index contributed by atoms with van der Waals surface area (Å²) in [6, 6.07) is 0. The molecule has 5 heteroatoms. The van der Waals surface area contributed by atoms with Crippen LogP contribution in [0.5, 0.6) is 0 Å². The molecule has 1 rings (SSSR count). The molecule has 1 heterocycles. The van der Waals surface area contributed by atoms with E-state index in [1.165, 1.54) is 5.75 Å². The van der Waals surface area contributed by atoms with E-state index in [-0.39, 0.29) is 11.4 Å². The molecule has 13 heavy (non-hydrogen) atoms. The first-order valence-electron chi connectivity index (χ1n) is 4.26. The molecule has 0 radical (unpaired) electrons. The van der Waals surface area contributed by atoms with Crippen LogP contribution in [-0.2, 0) is 0 Å². The second kappa shape index (κ2) is 4.00. The summed E-state index contributed by atoms with van der Waals surface area (Å²) in [5, 5.41) is 7.76. The van der Waals surface area contributed by atoms with E-state index in [0.29, 0.717) is 0 Å². The number of hydrogen-bond acceptors (Lipinski definition) is 3. The molecule has 74 valence electrons. The molecule has 0 saturated carbocycles. The van der Waals surface area contributed by atoms with Crippen LogP contribution in [0.2, 0.25) is 0 Å². The SMILES string of the molecule is CC1(C)CCSCC1=NN=C(N)N. The molecule has 0 aliphatic carbocycles. The van der Waals surface area contributed by atoms with E-state index in [1.54, 1.807) is 0 Å². The maximum absolute atomic E-state index is 5.21. The maximum Gasteiger partial charge on any atom is 0.211 e. The van der Waals surface area contributed by atoms with Crippen LogP contribution in [0, 0.1) is 5.41 Å². The Hall–Kier alpha value is -0.710. The van der Waals surface area contributed by atoms with Crippen molar-refractivity contribution < 1.29 is 0 Å². The number of guanidine groups is 1. The van der Waals surface area contributed by atoms with Gasteiger partial charge in [-0.15, -0.1) is 5.10 Å². The fourth-order valence-corrected chi connectivity index (χ4v) is 2.56. The molecule has 4 nitrogen and oxygen atoms in total. The van der Waals surface area contributed by atoms with Crippen molar-refractivity contribution in [3.8, 4) is 0 Å². The highest BCUT2D eigenvalue weighted by molar-refractivity contribution is 8.00. The first-order chi connectivity index (χ1) is 6.02. The lowest BCUT2D eigenvalue weighted by Crippen LogP contribution is -2.31. The minimum Gasteiger partial charge on any atom is -0.369 e. The molecule has 1 saturated heterocycles. The summed E-state index contributed by atoms with van der Waals surface area (Å²) in [4.78, 5) is 0. The number of thioether (sulfide) groups is 1. The Morgan fingerprint density at radius 3 is 2.69 bits per heavy atom. The molecule has 0 bridgehead atoms. The van der Waals surface area contributed by atoms with Crippen LogP contribution in [-0.4, -0.2) is 23.2 Å². The van der Waals surface area contributed by atoms with E-state index in [4.69, 9.17) is 11.5 Å². The number of nitrogens with zero attached hydrogens (tertiary/aromatic N) is 2. The summed E-state index contributed by atoms with van der Waals surface area (Å²) in [5.41, 5.74) is 11.6. The van der Waals surface area contributed by atoms with E-state index in [2.05, 4.69) is 24.1 Å². The largest absolute Gasteiger partial charge is 0.369 e. The first kappa shape index (κ1) is 10.4. The molecule has 1 aliphatic heterocycles. The summed E-state index contributed by atoms with van der Waals surface area (Å²) in [6.07, 6.45) is 1.14. The third kappa shape index (κ3) is 2.91. The van der Waals surface area contributed by atoms with Crippen LogP contribution in [0.4, 0.5) is 0 Å². The van der Waals surface area contributed by atoms with Gasteiger partial charge in [0.15, 0.2) is 0 Å². The Labute approximate surface area is 82.9 Å². The fourth-order valence-electron chi connectivity index (χ4n) is 1.12. The van der Waals surface area contributed by atoms with Gasteiger partial charge in [-0.3, -0.25) is 0 Å². The summed E-state index contributed by atoms with van der Waals surface area (Å²) in [6.45, 7) is 4.35. The normalized spacial score (nSPS) is 24.3. The van der Waals surface area contributed by atoms with Crippen LogP contribution in [0.15, 0.2) is 10.2 Å². The molecule has 0 amide bonds. The molecule has 0 spiro atoms. The molecule has 1 aliphatic rings. The Kier molecular flexibility index (Phi) is 3.19. The van der Waals surface area contributed by atoms with Gasteiger partial charge in [-0.05, 0) is 12.2 Å². The Morgan fingerprint density at radius 2 is 2.15 bits per heavy atom. The molecule has 0 atom stereocenters. The van der Waals surface area contributed by atoms with Gasteiger partial charge < -0.3 is 11.5 Å². The highest BCUT2D eigenvalue weighted by atomic mass is 32.2. The topological polar surface area (TPSA) is 76.8 Å². The summed E-state index contributed by atoms with van der Waals surface area (Å²) in [7, 11) is 0. The molecule has 0 unspecified atom stereocenters. The minimum atomic E-state index is 0.0267. The second-order valence-electron chi connectivity index (χ2n) is 3.76. The van der Waals surface area contributed by atoms with Crippen LogP contribution in [0.1, 0.15) is 20.3 Å². The van der Waals surface area contributed by atoms with Gasteiger partial charge in [0.25, 0.3) is 0 Å². The van der Waals surface area contributed by atoms with Crippen molar-refractivity contribution in [3.63, 3.8) is 0 Å². The number of nitrogens with two attached hydrogens (primary N) is 2. The zero-order valence-corrected chi connectivity index (χ0v) is 8.90. The van der Waals surface area contributed by atoms with Gasteiger partial charge in [-0.2, -0.15) is 16.9 Å². The van der Waals surface area contributed by atoms with E-state index in [0.717, 1.165) is 17.9 Å². The van der Waals surface area contributed by atoms with E-state index in [9.17, 15) is 0 Å². The third-order valence-electron chi connectivity index (χ3n) is 2.18. The van der Waals surface area contributed by atoms with Gasteiger partial charge in [0.05, 0.1) is 5.71 Å². The van der Waals surface area contributed by atoms with E-state index >= 15 is 0 Å². The highest BCUT2D eigenvalue weighted by Gasteiger charge is 2.28. The van der Waals surface area contributed by atoms with Gasteiger partial charge in [-0.1, -0.05) is 13.8 Å². The zero-order chi connectivity index (χ0) is 9.90. The summed E-state index contributed by atoms with van der Waals surface area (Å²) >= 11 is 1.88. The van der Waals surface area contributed by atoms with E-state index in [1.807, 2.05) is 11.8 Å². The van der Waals surface area contributed by atoms with Crippen molar-refractivity contribution in [3.05, 3.63) is 0 Å². The van der Waals surface area contributed by atoms with Crippen LogP contribution in [0.3, 0.4) is 0 Å². The second-order valence-corrected chi connectivity index (χ2v) is 4.86. The Balaban J connectivity index is 2.76. The first-order valence-corrected chi connectivity index (χ1v) is 5.41. The Bertz CT molecular complexity index is 241. The van der Waals surface area contributed by atoms with Gasteiger partial charge in [0.1, 0.15) is 0 Å². The number of rotatable bonds is 1. The third-order valence-corrected chi connectivity index (χ3v) is 3.15. The lowest BCUT2D eigenvalue weighted by Gasteiger charge is -2.29. The van der Waals surface area contributed by atoms with Crippen molar-refractivity contribution in [1.29, 1.82) is 0 Å². The molecular formula is C8H16N4S. The van der Waals surface area contributed by atoms with Crippen molar-refractivity contribution in [2.24, 2.45) is 27.1 Å². The monoisotopic (exact) mass is 200 g/mol.